The SMILES string of the molecule is Cc1nc(N2CCN(C(=O)C(F)(F)F)CC2)ccc1N. The first-order valence-corrected chi connectivity index (χ1v) is 6.13. The lowest BCUT2D eigenvalue weighted by molar-refractivity contribution is -0.185. The number of carbonyl (C=O) groups excluding carboxylic acids is 1. The molecule has 0 aromatic carbocycles. The molecule has 0 bridgehead atoms. The lowest BCUT2D eigenvalue weighted by atomic mass is 10.2. The van der Waals surface area contributed by atoms with Crippen molar-refractivity contribution in [3.8, 4) is 0 Å². The second-order valence-corrected chi connectivity index (χ2v) is 4.62. The molecule has 8 heteroatoms. The van der Waals surface area contributed by atoms with Crippen LogP contribution in [-0.4, -0.2) is 48.1 Å². The van der Waals surface area contributed by atoms with Gasteiger partial charge < -0.3 is 15.5 Å². The maximum absolute atomic E-state index is 12.3. The van der Waals surface area contributed by atoms with E-state index in [4.69, 9.17) is 5.73 Å². The van der Waals surface area contributed by atoms with E-state index in [-0.39, 0.29) is 13.1 Å². The minimum atomic E-state index is -4.81. The molecule has 0 unspecified atom stereocenters. The maximum atomic E-state index is 12.3. The van der Waals surface area contributed by atoms with Crippen molar-refractivity contribution >= 4 is 17.4 Å². The zero-order valence-electron chi connectivity index (χ0n) is 10.9. The van der Waals surface area contributed by atoms with Gasteiger partial charge in [0, 0.05) is 26.2 Å². The number of nitrogen functional groups attached to an aromatic ring is 1. The Bertz CT molecular complexity index is 510. The summed E-state index contributed by atoms with van der Waals surface area (Å²) in [6, 6.07) is 3.44. The largest absolute Gasteiger partial charge is 0.471 e. The minimum absolute atomic E-state index is 0.0312. The van der Waals surface area contributed by atoms with Gasteiger partial charge in [-0.1, -0.05) is 0 Å². The average Bonchev–Trinajstić information content (AvgIpc) is 2.40. The third-order valence-corrected chi connectivity index (χ3v) is 3.25. The number of alkyl halides is 3. The van der Waals surface area contributed by atoms with Gasteiger partial charge in [0.2, 0.25) is 0 Å². The molecule has 0 aliphatic carbocycles. The van der Waals surface area contributed by atoms with Crippen molar-refractivity contribution < 1.29 is 18.0 Å². The van der Waals surface area contributed by atoms with Crippen LogP contribution in [0.5, 0.6) is 0 Å². The number of rotatable bonds is 1. The molecule has 1 aromatic rings. The van der Waals surface area contributed by atoms with E-state index in [1.165, 1.54) is 0 Å². The molecule has 1 aliphatic rings. The molecule has 0 saturated carbocycles. The number of nitrogens with zero attached hydrogens (tertiary/aromatic N) is 3. The number of aromatic nitrogens is 1. The number of hydrogen-bond acceptors (Lipinski definition) is 4. The summed E-state index contributed by atoms with van der Waals surface area (Å²) >= 11 is 0. The monoisotopic (exact) mass is 288 g/mol. The first kappa shape index (κ1) is 14.4. The smallest absolute Gasteiger partial charge is 0.397 e. The zero-order valence-corrected chi connectivity index (χ0v) is 10.9. The summed E-state index contributed by atoms with van der Waals surface area (Å²) in [4.78, 5) is 18.1. The van der Waals surface area contributed by atoms with E-state index in [0.717, 1.165) is 4.90 Å². The first-order chi connectivity index (χ1) is 9.29. The molecule has 2 N–H and O–H groups in total. The molecule has 2 rings (SSSR count). The van der Waals surface area contributed by atoms with Crippen molar-refractivity contribution in [2.45, 2.75) is 13.1 Å². The van der Waals surface area contributed by atoms with Gasteiger partial charge in [0.05, 0.1) is 11.4 Å². The van der Waals surface area contributed by atoms with Gasteiger partial charge in [-0.2, -0.15) is 13.2 Å². The summed E-state index contributed by atoms with van der Waals surface area (Å²) in [7, 11) is 0. The number of pyridine rings is 1. The van der Waals surface area contributed by atoms with Gasteiger partial charge in [0.1, 0.15) is 5.82 Å². The molecule has 1 aromatic heterocycles. The van der Waals surface area contributed by atoms with Gasteiger partial charge in [0.15, 0.2) is 0 Å². The lowest BCUT2D eigenvalue weighted by Gasteiger charge is -2.35. The minimum Gasteiger partial charge on any atom is -0.397 e. The Balaban J connectivity index is 2.01. The highest BCUT2D eigenvalue weighted by Crippen LogP contribution is 2.21. The van der Waals surface area contributed by atoms with Gasteiger partial charge in [-0.15, -0.1) is 0 Å². The third kappa shape index (κ3) is 2.94. The molecule has 1 saturated heterocycles. The number of nitrogens with two attached hydrogens (primary N) is 1. The second-order valence-electron chi connectivity index (χ2n) is 4.62. The van der Waals surface area contributed by atoms with Crippen molar-refractivity contribution in [1.29, 1.82) is 0 Å². The molecule has 1 fully saturated rings. The van der Waals surface area contributed by atoms with Crippen LogP contribution in [0.2, 0.25) is 0 Å². The van der Waals surface area contributed by atoms with Gasteiger partial charge in [0.25, 0.3) is 0 Å². The predicted molar refractivity (Wildman–Crippen MR) is 68.2 cm³/mol. The molecule has 2 heterocycles. The topological polar surface area (TPSA) is 62.5 Å². The molecule has 0 radical (unpaired) electrons. The molecule has 0 atom stereocenters. The summed E-state index contributed by atoms with van der Waals surface area (Å²) in [5.41, 5.74) is 6.92. The second kappa shape index (κ2) is 5.18. The molecular formula is C12H15F3N4O. The number of hydrogen-bond donors (Lipinski definition) is 1. The van der Waals surface area contributed by atoms with Crippen molar-refractivity contribution in [2.24, 2.45) is 0 Å². The van der Waals surface area contributed by atoms with E-state index in [1.807, 2.05) is 4.90 Å². The van der Waals surface area contributed by atoms with Crippen LogP contribution in [0.4, 0.5) is 24.7 Å². The average molecular weight is 288 g/mol. The quantitative estimate of drug-likeness (QED) is 0.843. The van der Waals surface area contributed by atoms with Gasteiger partial charge in [-0.3, -0.25) is 4.79 Å². The van der Waals surface area contributed by atoms with Crippen LogP contribution >= 0.6 is 0 Å². The molecular weight excluding hydrogens is 273 g/mol. The molecule has 1 aliphatic heterocycles. The van der Waals surface area contributed by atoms with E-state index in [2.05, 4.69) is 4.98 Å². The summed E-state index contributed by atoms with van der Waals surface area (Å²) in [5, 5.41) is 0. The van der Waals surface area contributed by atoms with Crippen molar-refractivity contribution in [3.63, 3.8) is 0 Å². The first-order valence-electron chi connectivity index (χ1n) is 6.13. The fourth-order valence-electron chi connectivity index (χ4n) is 2.05. The highest BCUT2D eigenvalue weighted by atomic mass is 19.4. The Hall–Kier alpha value is -1.99. The van der Waals surface area contributed by atoms with Crippen LogP contribution in [0.15, 0.2) is 12.1 Å². The Kier molecular flexibility index (Phi) is 3.74. The number of carbonyl (C=O) groups is 1. The van der Waals surface area contributed by atoms with Crippen LogP contribution in [-0.2, 0) is 4.79 Å². The highest BCUT2D eigenvalue weighted by Gasteiger charge is 2.43. The normalized spacial score (nSPS) is 16.4. The molecule has 0 spiro atoms. The van der Waals surface area contributed by atoms with E-state index >= 15 is 0 Å². The lowest BCUT2D eigenvalue weighted by Crippen LogP contribution is -2.52. The van der Waals surface area contributed by atoms with Crippen LogP contribution in [0.1, 0.15) is 5.69 Å². The number of piperazine rings is 1. The predicted octanol–water partition coefficient (Wildman–Crippen LogP) is 1.18. The number of halogens is 3. The maximum Gasteiger partial charge on any atom is 0.471 e. The summed E-state index contributed by atoms with van der Waals surface area (Å²) in [5.74, 6) is -1.12. The number of anilines is 2. The fourth-order valence-corrected chi connectivity index (χ4v) is 2.05. The molecule has 110 valence electrons. The zero-order chi connectivity index (χ0) is 14.9. The van der Waals surface area contributed by atoms with E-state index < -0.39 is 12.1 Å². The fraction of sp³-hybridized carbons (Fsp3) is 0.500. The van der Waals surface area contributed by atoms with Gasteiger partial charge >= 0.3 is 12.1 Å². The van der Waals surface area contributed by atoms with Crippen LogP contribution in [0.25, 0.3) is 0 Å². The summed E-state index contributed by atoms with van der Waals surface area (Å²) in [6.45, 7) is 2.46. The van der Waals surface area contributed by atoms with Crippen LogP contribution < -0.4 is 10.6 Å². The molecule has 20 heavy (non-hydrogen) atoms. The Morgan fingerprint density at radius 1 is 1.25 bits per heavy atom. The Morgan fingerprint density at radius 3 is 2.35 bits per heavy atom. The Morgan fingerprint density at radius 2 is 1.85 bits per heavy atom. The molecule has 1 amide bonds. The summed E-state index contributed by atoms with van der Waals surface area (Å²) in [6.07, 6.45) is -4.81. The summed E-state index contributed by atoms with van der Waals surface area (Å²) < 4.78 is 37.0. The highest BCUT2D eigenvalue weighted by molar-refractivity contribution is 5.82. The van der Waals surface area contributed by atoms with E-state index in [9.17, 15) is 18.0 Å². The van der Waals surface area contributed by atoms with Crippen molar-refractivity contribution in [3.05, 3.63) is 17.8 Å². The van der Waals surface area contributed by atoms with E-state index in [0.29, 0.717) is 30.3 Å². The van der Waals surface area contributed by atoms with Gasteiger partial charge in [-0.05, 0) is 19.1 Å². The van der Waals surface area contributed by atoms with Gasteiger partial charge in [-0.25, -0.2) is 4.98 Å². The van der Waals surface area contributed by atoms with Crippen molar-refractivity contribution in [2.75, 3.05) is 36.8 Å². The number of amides is 1. The van der Waals surface area contributed by atoms with Crippen molar-refractivity contribution in [1.82, 2.24) is 9.88 Å². The number of aryl methyl sites for hydroxylation is 1. The standard InChI is InChI=1S/C12H15F3N4O/c1-8-9(16)2-3-10(17-8)18-4-6-19(7-5-18)11(20)12(13,14)15/h2-3H,4-7,16H2,1H3. The third-order valence-electron chi connectivity index (χ3n) is 3.25. The van der Waals surface area contributed by atoms with Crippen LogP contribution in [0, 0.1) is 6.92 Å². The van der Waals surface area contributed by atoms with E-state index in [1.54, 1.807) is 19.1 Å². The molecule has 5 nitrogen and oxygen atoms in total. The van der Waals surface area contributed by atoms with Crippen LogP contribution in [0.3, 0.4) is 0 Å². The Labute approximate surface area is 114 Å².